The van der Waals surface area contributed by atoms with Crippen LogP contribution in [0.2, 0.25) is 0 Å². The molecule has 6 aromatic carbocycles. The molecule has 1 N–H and O–H groups in total. The third kappa shape index (κ3) is 6.61. The number of nitrogens with one attached hydrogen (secondary N) is 1. The number of allylic oxidation sites excluding steroid dienone is 8. The maximum atomic E-state index is 4.31. The van der Waals surface area contributed by atoms with Crippen LogP contribution in [0.4, 0.5) is 5.69 Å². The van der Waals surface area contributed by atoms with Gasteiger partial charge in [0.2, 0.25) is 0 Å². The zero-order valence-corrected chi connectivity index (χ0v) is 32.1. The van der Waals surface area contributed by atoms with E-state index in [9.17, 15) is 0 Å². The van der Waals surface area contributed by atoms with Gasteiger partial charge in [-0.15, -0.1) is 0 Å². The lowest BCUT2D eigenvalue weighted by Crippen LogP contribution is -2.27. The van der Waals surface area contributed by atoms with Crippen molar-refractivity contribution >= 4 is 23.4 Å². The van der Waals surface area contributed by atoms with Crippen LogP contribution in [0.15, 0.2) is 205 Å². The molecule has 0 amide bonds. The van der Waals surface area contributed by atoms with Crippen LogP contribution in [0.25, 0.3) is 40.0 Å². The van der Waals surface area contributed by atoms with Crippen LogP contribution < -0.4 is 5.32 Å². The van der Waals surface area contributed by atoms with E-state index in [4.69, 9.17) is 0 Å². The van der Waals surface area contributed by atoms with E-state index in [1.807, 2.05) is 48.7 Å². The number of anilines is 1. The van der Waals surface area contributed by atoms with Crippen LogP contribution in [0, 0.1) is 18.8 Å². The summed E-state index contributed by atoms with van der Waals surface area (Å²) in [6.07, 6.45) is 16.4. The van der Waals surface area contributed by atoms with Gasteiger partial charge >= 0.3 is 0 Å². The average molecular weight is 720 g/mol. The van der Waals surface area contributed by atoms with Crippen LogP contribution in [0.5, 0.6) is 0 Å². The quantitative estimate of drug-likeness (QED) is 0.147. The Hall–Kier alpha value is -6.88. The Morgan fingerprint density at radius 1 is 0.643 bits per heavy atom. The number of hydrogen-bond donors (Lipinski definition) is 1. The summed E-state index contributed by atoms with van der Waals surface area (Å²) >= 11 is 0. The first-order valence-electron chi connectivity index (χ1n) is 19.5. The van der Waals surface area contributed by atoms with E-state index >= 15 is 0 Å². The van der Waals surface area contributed by atoms with Gasteiger partial charge in [-0.25, -0.2) is 0 Å². The molecule has 0 bridgehead atoms. The lowest BCUT2D eigenvalue weighted by molar-refractivity contribution is 0.838. The molecule has 1 unspecified atom stereocenters. The Morgan fingerprint density at radius 2 is 1.30 bits per heavy atom. The highest BCUT2D eigenvalue weighted by Gasteiger charge is 2.55. The van der Waals surface area contributed by atoms with Gasteiger partial charge in [-0.05, 0) is 110 Å². The monoisotopic (exact) mass is 719 g/mol. The summed E-state index contributed by atoms with van der Waals surface area (Å²) in [6, 6.07) is 54.5. The number of fused-ring (bicyclic) bond motifs is 5. The van der Waals surface area contributed by atoms with Crippen LogP contribution in [-0.4, -0.2) is 0 Å². The molecule has 1 heteroatoms. The summed E-state index contributed by atoms with van der Waals surface area (Å²) in [7, 11) is 0. The number of aryl methyl sites for hydroxylation is 1. The zero-order valence-electron chi connectivity index (χ0n) is 32.1. The predicted molar refractivity (Wildman–Crippen MR) is 240 cm³/mol. The fourth-order valence-electron chi connectivity index (χ4n) is 8.63. The van der Waals surface area contributed by atoms with Gasteiger partial charge in [0.1, 0.15) is 0 Å². The van der Waals surface area contributed by atoms with Gasteiger partial charge in [0, 0.05) is 23.5 Å². The predicted octanol–water partition coefficient (Wildman–Crippen LogP) is 14.0. The minimum absolute atomic E-state index is 0.560. The third-order valence-electron chi connectivity index (χ3n) is 10.9. The highest BCUT2D eigenvalue weighted by Crippen LogP contribution is 2.67. The second-order valence-corrected chi connectivity index (χ2v) is 14.3. The van der Waals surface area contributed by atoms with Crippen LogP contribution in [-0.2, 0) is 5.41 Å². The lowest BCUT2D eigenvalue weighted by atomic mass is 9.67. The Labute approximate surface area is 332 Å². The molecule has 0 radical (unpaired) electrons. The molecule has 1 spiro atoms. The molecule has 0 fully saturated rings. The van der Waals surface area contributed by atoms with Crippen molar-refractivity contribution in [3.63, 3.8) is 0 Å². The van der Waals surface area contributed by atoms with Gasteiger partial charge in [0.25, 0.3) is 0 Å². The molecule has 0 saturated heterocycles. The van der Waals surface area contributed by atoms with E-state index in [0.717, 1.165) is 24.1 Å². The van der Waals surface area contributed by atoms with Crippen molar-refractivity contribution in [1.29, 1.82) is 0 Å². The van der Waals surface area contributed by atoms with Gasteiger partial charge in [-0.3, -0.25) is 0 Å². The number of hydrogen-bond acceptors (Lipinski definition) is 1. The highest BCUT2D eigenvalue weighted by atomic mass is 14.8. The zero-order chi connectivity index (χ0) is 38.3. The molecular formula is C55H45N. The van der Waals surface area contributed by atoms with Crippen LogP contribution in [0.1, 0.15) is 53.1 Å². The molecule has 1 nitrogen and oxygen atoms in total. The first-order chi connectivity index (χ1) is 27.6. The van der Waals surface area contributed by atoms with E-state index in [1.165, 1.54) is 72.4 Å². The molecule has 0 heterocycles. The smallest absolute Gasteiger partial charge is 0.0728 e. The standard InChI is InChI=1S/C55H45N/c1-4-21-46-48(39-42-34-36-44(37-35-42)43-27-13-9-14-28-43)49(22-5-2)55(54(46)45-29-16-15-23-40(45)3)50-31-18-17-30-47(50)53-51(55)32-20-33-52(53)56-38-19-7-6-10-24-41-25-11-8-12-26-41/h5,8-20,22-39,56H,2,4,21H2,1,3H3/b24-10-,38-19+,48-39-,49-22+. The molecule has 0 aromatic heterocycles. The van der Waals surface area contributed by atoms with Crippen molar-refractivity contribution < 1.29 is 0 Å². The maximum absolute atomic E-state index is 4.31. The Morgan fingerprint density at radius 3 is 2.05 bits per heavy atom. The van der Waals surface area contributed by atoms with Gasteiger partial charge < -0.3 is 5.32 Å². The minimum atomic E-state index is -0.560. The molecule has 2 aliphatic rings. The normalized spacial score (nSPS) is 17.1. The fourth-order valence-corrected chi connectivity index (χ4v) is 8.63. The van der Waals surface area contributed by atoms with Crippen molar-refractivity contribution in [2.45, 2.75) is 32.1 Å². The summed E-state index contributed by atoms with van der Waals surface area (Å²) in [6.45, 7) is 8.85. The molecule has 1 atom stereocenters. The summed E-state index contributed by atoms with van der Waals surface area (Å²) in [5.41, 5.74) is 18.1. The summed E-state index contributed by atoms with van der Waals surface area (Å²) in [5.74, 6) is 6.31. The molecule has 6 aromatic rings. The summed E-state index contributed by atoms with van der Waals surface area (Å²) < 4.78 is 0. The van der Waals surface area contributed by atoms with Gasteiger partial charge in [0.15, 0.2) is 0 Å². The molecule has 56 heavy (non-hydrogen) atoms. The van der Waals surface area contributed by atoms with E-state index in [1.54, 1.807) is 0 Å². The number of benzene rings is 6. The van der Waals surface area contributed by atoms with Crippen molar-refractivity contribution in [2.75, 3.05) is 5.32 Å². The van der Waals surface area contributed by atoms with E-state index in [0.29, 0.717) is 0 Å². The maximum Gasteiger partial charge on any atom is 0.0728 e. The van der Waals surface area contributed by atoms with Crippen LogP contribution in [0.3, 0.4) is 0 Å². The van der Waals surface area contributed by atoms with Crippen molar-refractivity contribution in [3.8, 4) is 34.1 Å². The Kier molecular flexibility index (Phi) is 10.5. The highest BCUT2D eigenvalue weighted by molar-refractivity contribution is 6.06. The van der Waals surface area contributed by atoms with Crippen molar-refractivity contribution in [3.05, 3.63) is 239 Å². The summed E-state index contributed by atoms with van der Waals surface area (Å²) in [4.78, 5) is 0. The molecule has 8 rings (SSSR count). The lowest BCUT2D eigenvalue weighted by Gasteiger charge is -2.34. The van der Waals surface area contributed by atoms with E-state index in [2.05, 4.69) is 183 Å². The SMILES string of the molecule is C=C/C=C1\C(=C/c2ccc(-c3ccccc3)cc2)C(CCC)=C(c2ccccc2C)C12c1ccccc1-c1c(N/C=C/C#C/C=C\c3ccccc3)cccc12. The minimum Gasteiger partial charge on any atom is -0.361 e. The Balaban J connectivity index is 1.30. The molecule has 2 aliphatic carbocycles. The Bertz CT molecular complexity index is 2620. The largest absolute Gasteiger partial charge is 0.361 e. The van der Waals surface area contributed by atoms with E-state index in [-0.39, 0.29) is 0 Å². The fraction of sp³-hybridized carbons (Fsp3) is 0.0909. The van der Waals surface area contributed by atoms with Gasteiger partial charge in [0.05, 0.1) is 5.41 Å². The van der Waals surface area contributed by atoms with Crippen LogP contribution >= 0.6 is 0 Å². The van der Waals surface area contributed by atoms with Gasteiger partial charge in [-0.2, -0.15) is 0 Å². The topological polar surface area (TPSA) is 12.0 Å². The average Bonchev–Trinajstić information content (AvgIpc) is 3.68. The van der Waals surface area contributed by atoms with Gasteiger partial charge in [-0.1, -0.05) is 190 Å². The molecule has 0 aliphatic heterocycles. The van der Waals surface area contributed by atoms with Crippen molar-refractivity contribution in [2.24, 2.45) is 0 Å². The molecule has 270 valence electrons. The second kappa shape index (κ2) is 16.2. The summed E-state index contributed by atoms with van der Waals surface area (Å²) in [5, 5.41) is 3.64. The molecular weight excluding hydrogens is 675 g/mol. The third-order valence-corrected chi connectivity index (χ3v) is 10.9. The molecule has 0 saturated carbocycles. The second-order valence-electron chi connectivity index (χ2n) is 14.3. The van der Waals surface area contributed by atoms with E-state index < -0.39 is 5.41 Å². The van der Waals surface area contributed by atoms with Crippen molar-refractivity contribution in [1.82, 2.24) is 0 Å². The first-order valence-corrected chi connectivity index (χ1v) is 19.5. The first kappa shape index (κ1) is 36.1. The number of rotatable bonds is 9.